The van der Waals surface area contributed by atoms with Gasteiger partial charge < -0.3 is 14.6 Å². The van der Waals surface area contributed by atoms with E-state index in [2.05, 4.69) is 13.8 Å². The molecule has 2 aromatic carbocycles. The number of ether oxygens (including phenoxy) is 2. The smallest absolute Gasteiger partial charge is 0.383 e. The van der Waals surface area contributed by atoms with Crippen molar-refractivity contribution < 1.29 is 45.0 Å². The van der Waals surface area contributed by atoms with Crippen LogP contribution >= 0.6 is 0 Å². The van der Waals surface area contributed by atoms with Gasteiger partial charge in [0.05, 0.1) is 18.1 Å². The molecule has 0 bridgehead atoms. The van der Waals surface area contributed by atoms with Gasteiger partial charge in [-0.2, -0.15) is 22.0 Å². The second kappa shape index (κ2) is 12.2. The Morgan fingerprint density at radius 3 is 1.98 bits per heavy atom. The van der Waals surface area contributed by atoms with Gasteiger partial charge in [-0.1, -0.05) is 80.5 Å². The highest BCUT2D eigenvalue weighted by Crippen LogP contribution is 2.71. The van der Waals surface area contributed by atoms with Crippen LogP contribution in [0.25, 0.3) is 12.2 Å². The van der Waals surface area contributed by atoms with Crippen LogP contribution in [0.2, 0.25) is 0 Å². The third-order valence-electron chi connectivity index (χ3n) is 12.9. The topological polar surface area (TPSA) is 72.8 Å². The molecule has 2 aromatic rings. The van der Waals surface area contributed by atoms with Gasteiger partial charge in [-0.3, -0.25) is 0 Å². The minimum atomic E-state index is -5.88. The number of hydrogen-bond donors (Lipinski definition) is 1. The van der Waals surface area contributed by atoms with E-state index in [1.54, 1.807) is 24.3 Å². The summed E-state index contributed by atoms with van der Waals surface area (Å²) < 4.78 is 109. The molecule has 0 amide bonds. The largest absolute Gasteiger partial charge is 0.456 e. The molecule has 0 aromatic heterocycles. The zero-order chi connectivity index (χ0) is 36.8. The van der Waals surface area contributed by atoms with E-state index in [4.69, 9.17) is 9.47 Å². The molecule has 4 aliphatic carbocycles. The summed E-state index contributed by atoms with van der Waals surface area (Å²) in [6, 6.07) is 14.2. The van der Waals surface area contributed by atoms with E-state index in [0.717, 1.165) is 34.9 Å². The quantitative estimate of drug-likeness (QED) is 0.188. The molecular weight excluding hydrogens is 687 g/mol. The van der Waals surface area contributed by atoms with E-state index in [-0.39, 0.29) is 35.0 Å². The van der Waals surface area contributed by atoms with Gasteiger partial charge in [-0.05, 0) is 85.1 Å². The fraction of sp³-hybridized carbons (Fsp3) is 0.600. The molecule has 5 aliphatic rings. The number of aliphatic hydroxyl groups is 1. The first kappa shape index (κ1) is 36.7. The number of sulfone groups is 1. The zero-order valence-corrected chi connectivity index (χ0v) is 30.3. The third-order valence-corrected chi connectivity index (χ3v) is 14.1. The van der Waals surface area contributed by atoms with Crippen molar-refractivity contribution in [2.75, 3.05) is 19.5 Å². The highest BCUT2D eigenvalue weighted by atomic mass is 32.2. The lowest BCUT2D eigenvalue weighted by atomic mass is 9.49. The van der Waals surface area contributed by atoms with Crippen molar-refractivity contribution in [2.45, 2.75) is 106 Å². The van der Waals surface area contributed by atoms with Gasteiger partial charge in [0.2, 0.25) is 0 Å². The molecule has 0 radical (unpaired) electrons. The zero-order valence-electron chi connectivity index (χ0n) is 29.5. The highest BCUT2D eigenvalue weighted by molar-refractivity contribution is 7.90. The molecule has 278 valence electrons. The maximum atomic E-state index is 15.4. The number of hydrogen-bond acceptors (Lipinski definition) is 5. The maximum absolute atomic E-state index is 15.4. The average molecular weight is 735 g/mol. The number of fused-ring (bicyclic) bond motifs is 4. The molecule has 4 fully saturated rings. The van der Waals surface area contributed by atoms with Gasteiger partial charge in [0.25, 0.3) is 0 Å². The van der Waals surface area contributed by atoms with Gasteiger partial charge in [-0.25, -0.2) is 8.42 Å². The van der Waals surface area contributed by atoms with Gasteiger partial charge in [-0.15, -0.1) is 0 Å². The molecule has 11 heteroatoms. The first-order chi connectivity index (χ1) is 23.7. The van der Waals surface area contributed by atoms with E-state index in [1.165, 1.54) is 12.5 Å². The summed E-state index contributed by atoms with van der Waals surface area (Å²) in [6.45, 7) is 6.87. The lowest BCUT2D eigenvalue weighted by Gasteiger charge is -2.57. The fourth-order valence-corrected chi connectivity index (χ4v) is 10.8. The van der Waals surface area contributed by atoms with E-state index in [1.807, 2.05) is 36.4 Å². The fourth-order valence-electron chi connectivity index (χ4n) is 10.1. The van der Waals surface area contributed by atoms with Crippen LogP contribution in [0.4, 0.5) is 22.0 Å². The molecule has 5 unspecified atom stereocenters. The Kier molecular flexibility index (Phi) is 8.80. The Balaban J connectivity index is 1.24. The number of alkyl halides is 5. The molecule has 1 heterocycles. The summed E-state index contributed by atoms with van der Waals surface area (Å²) >= 11 is 0. The first-order valence-electron chi connectivity index (χ1n) is 17.9. The van der Waals surface area contributed by atoms with Gasteiger partial charge in [0.1, 0.15) is 5.60 Å². The molecule has 1 aliphatic heterocycles. The van der Waals surface area contributed by atoms with Crippen molar-refractivity contribution in [3.8, 4) is 0 Å². The Hall–Kier alpha value is -2.60. The number of halogens is 5. The van der Waals surface area contributed by atoms with Crippen molar-refractivity contribution >= 4 is 22.0 Å². The number of benzene rings is 2. The van der Waals surface area contributed by atoms with Crippen LogP contribution in [0.15, 0.2) is 64.6 Å². The Morgan fingerprint density at radius 2 is 1.41 bits per heavy atom. The minimum absolute atomic E-state index is 0.0178. The van der Waals surface area contributed by atoms with E-state index in [9.17, 15) is 26.7 Å². The van der Waals surface area contributed by atoms with Crippen molar-refractivity contribution in [1.82, 2.24) is 0 Å². The average Bonchev–Trinajstić information content (AvgIpc) is 3.35. The molecule has 5 nitrogen and oxygen atoms in total. The minimum Gasteiger partial charge on any atom is -0.383 e. The van der Waals surface area contributed by atoms with Crippen LogP contribution in [0.1, 0.15) is 94.7 Å². The summed E-state index contributed by atoms with van der Waals surface area (Å²) in [5.41, 5.74) is -0.0814. The summed E-state index contributed by atoms with van der Waals surface area (Å²) in [7, 11) is -3.32. The molecule has 51 heavy (non-hydrogen) atoms. The van der Waals surface area contributed by atoms with E-state index in [0.29, 0.717) is 38.9 Å². The Bertz CT molecular complexity index is 1820. The van der Waals surface area contributed by atoms with Crippen molar-refractivity contribution in [3.05, 3.63) is 76.4 Å². The Morgan fingerprint density at radius 1 is 0.824 bits per heavy atom. The van der Waals surface area contributed by atoms with Crippen LogP contribution in [-0.4, -0.2) is 56.5 Å². The lowest BCUT2D eigenvalue weighted by molar-refractivity contribution is -0.362. The first-order valence-corrected chi connectivity index (χ1v) is 19.8. The summed E-state index contributed by atoms with van der Waals surface area (Å²) in [5.74, 6) is -6.93. The molecule has 7 rings (SSSR count). The van der Waals surface area contributed by atoms with Gasteiger partial charge in [0.15, 0.2) is 15.6 Å². The van der Waals surface area contributed by atoms with Crippen molar-refractivity contribution in [3.63, 3.8) is 0 Å². The SMILES string of the molecule is CC1(C)COC2(CCC3=C4C(CCC3C2)C2CCC(O)(C(F)(F)C(F)(F)F)C2(C)C[C@@H]4c2ccc(/C=C/c3ccc(S(C)(=O)=O)cc3)cc2)OC1. The molecule has 6 atom stereocenters. The standard InChI is InChI=1S/C40H47F5O5S/c1-35(2)23-49-37(50-24-35)19-17-30-28(21-37)13-16-31-33-18-20-38(46,39(41,42)40(43,44)45)36(33,3)22-32(34(30)31)27-11-7-25(8-12-27)5-6-26-9-14-29(15-10-26)51(4,47)48/h5-12,14-15,28,31-33,46H,13,16-24H2,1-4H3/b6-5+/t28?,31?,32-,33?,36?,38?/m1/s1. The van der Waals surface area contributed by atoms with Gasteiger partial charge >= 0.3 is 12.1 Å². The van der Waals surface area contributed by atoms with Crippen molar-refractivity contribution in [1.29, 1.82) is 0 Å². The van der Waals surface area contributed by atoms with Crippen LogP contribution in [0.5, 0.6) is 0 Å². The van der Waals surface area contributed by atoms with E-state index < -0.39 is 57.0 Å². The van der Waals surface area contributed by atoms with Crippen LogP contribution in [0.3, 0.4) is 0 Å². The van der Waals surface area contributed by atoms with Crippen LogP contribution in [-0.2, 0) is 19.3 Å². The van der Waals surface area contributed by atoms with Crippen molar-refractivity contribution in [2.24, 2.45) is 28.6 Å². The normalized spacial score (nSPS) is 33.6. The predicted molar refractivity (Wildman–Crippen MR) is 185 cm³/mol. The van der Waals surface area contributed by atoms with Crippen LogP contribution in [0, 0.1) is 28.6 Å². The second-order valence-corrected chi connectivity index (χ2v) is 18.8. The highest BCUT2D eigenvalue weighted by Gasteiger charge is 2.79. The summed E-state index contributed by atoms with van der Waals surface area (Å²) in [5, 5.41) is 11.6. The maximum Gasteiger partial charge on any atom is 0.456 e. The molecule has 1 N–H and O–H groups in total. The van der Waals surface area contributed by atoms with E-state index >= 15 is 8.78 Å². The molecule has 3 saturated carbocycles. The molecule has 1 spiro atoms. The van der Waals surface area contributed by atoms with Crippen LogP contribution < -0.4 is 0 Å². The molecular formula is C40H47F5O5S. The monoisotopic (exact) mass is 734 g/mol. The predicted octanol–water partition coefficient (Wildman–Crippen LogP) is 9.37. The summed E-state index contributed by atoms with van der Waals surface area (Å²) in [4.78, 5) is 0.226. The third kappa shape index (κ3) is 6.11. The summed E-state index contributed by atoms with van der Waals surface area (Å²) in [6.07, 6.45) is 1.96. The van der Waals surface area contributed by atoms with Gasteiger partial charge in [0, 0.05) is 35.8 Å². The molecule has 1 saturated heterocycles. The number of allylic oxidation sites excluding steroid dienone is 2. The number of rotatable bonds is 5. The second-order valence-electron chi connectivity index (χ2n) is 16.8. The Labute approximate surface area is 297 Å². The lowest BCUT2D eigenvalue weighted by Crippen LogP contribution is -2.65.